The highest BCUT2D eigenvalue weighted by Gasteiger charge is 2.21. The zero-order valence-electron chi connectivity index (χ0n) is 9.78. The minimum atomic E-state index is -1.18. The molecule has 0 radical (unpaired) electrons. The zero-order chi connectivity index (χ0) is 13.9. The van der Waals surface area contributed by atoms with E-state index in [2.05, 4.69) is 5.32 Å². The molecule has 98 valence electrons. The number of amides is 2. The van der Waals surface area contributed by atoms with Gasteiger partial charge in [0, 0.05) is 18.8 Å². The molecular formula is C11H12F2N2O3. The molecule has 0 bridgehead atoms. The van der Waals surface area contributed by atoms with Gasteiger partial charge in [-0.05, 0) is 19.1 Å². The predicted molar refractivity (Wildman–Crippen MR) is 60.2 cm³/mol. The number of carbonyl (C=O) groups is 2. The Bertz CT molecular complexity index is 459. The first kappa shape index (κ1) is 13.9. The SMILES string of the molecule is CC(C(=O)O)N(C)C(=O)Nc1cc(F)cc(F)c1. The molecule has 0 spiro atoms. The van der Waals surface area contributed by atoms with Crippen LogP contribution >= 0.6 is 0 Å². The van der Waals surface area contributed by atoms with Crippen LogP contribution in [-0.2, 0) is 4.79 Å². The molecular weight excluding hydrogens is 246 g/mol. The van der Waals surface area contributed by atoms with Crippen LogP contribution in [-0.4, -0.2) is 35.1 Å². The molecule has 0 aliphatic rings. The fourth-order valence-electron chi connectivity index (χ4n) is 1.18. The first-order valence-corrected chi connectivity index (χ1v) is 5.04. The summed E-state index contributed by atoms with van der Waals surface area (Å²) in [7, 11) is 1.27. The minimum absolute atomic E-state index is 0.0815. The van der Waals surface area contributed by atoms with Crippen molar-refractivity contribution in [3.63, 3.8) is 0 Å². The highest BCUT2D eigenvalue weighted by atomic mass is 19.1. The Hall–Kier alpha value is -2.18. The van der Waals surface area contributed by atoms with Crippen molar-refractivity contribution < 1.29 is 23.5 Å². The highest BCUT2D eigenvalue weighted by molar-refractivity contribution is 5.91. The number of rotatable bonds is 3. The largest absolute Gasteiger partial charge is 0.480 e. The number of halogens is 2. The Morgan fingerprint density at radius 2 is 1.78 bits per heavy atom. The quantitative estimate of drug-likeness (QED) is 0.870. The van der Waals surface area contributed by atoms with Gasteiger partial charge < -0.3 is 15.3 Å². The van der Waals surface area contributed by atoms with E-state index in [1.54, 1.807) is 0 Å². The summed E-state index contributed by atoms with van der Waals surface area (Å²) in [5.41, 5.74) is -0.0815. The number of anilines is 1. The van der Waals surface area contributed by atoms with E-state index >= 15 is 0 Å². The molecule has 1 unspecified atom stereocenters. The van der Waals surface area contributed by atoms with Crippen LogP contribution in [0.15, 0.2) is 18.2 Å². The van der Waals surface area contributed by atoms with Crippen LogP contribution in [0.5, 0.6) is 0 Å². The Morgan fingerprint density at radius 3 is 2.22 bits per heavy atom. The normalized spacial score (nSPS) is 11.8. The van der Waals surface area contributed by atoms with Crippen LogP contribution < -0.4 is 5.32 Å². The molecule has 1 aromatic carbocycles. The van der Waals surface area contributed by atoms with Crippen molar-refractivity contribution >= 4 is 17.7 Å². The molecule has 0 saturated carbocycles. The number of hydrogen-bond acceptors (Lipinski definition) is 2. The molecule has 0 aliphatic carbocycles. The lowest BCUT2D eigenvalue weighted by molar-refractivity contribution is -0.141. The number of carboxylic acids is 1. The maximum atomic E-state index is 12.9. The van der Waals surface area contributed by atoms with Gasteiger partial charge in [0.05, 0.1) is 0 Å². The van der Waals surface area contributed by atoms with Crippen LogP contribution in [0.2, 0.25) is 0 Å². The summed E-state index contributed by atoms with van der Waals surface area (Å²) in [6.07, 6.45) is 0. The van der Waals surface area contributed by atoms with Crippen LogP contribution in [0.4, 0.5) is 19.3 Å². The standard InChI is InChI=1S/C11H12F2N2O3/c1-6(10(16)17)15(2)11(18)14-9-4-7(12)3-8(13)5-9/h3-6H,1-2H3,(H,14,18)(H,16,17). The van der Waals surface area contributed by atoms with E-state index in [1.165, 1.54) is 14.0 Å². The number of nitrogens with zero attached hydrogens (tertiary/aromatic N) is 1. The summed E-state index contributed by atoms with van der Waals surface area (Å²) in [6, 6.07) is 0.707. The molecule has 0 heterocycles. The van der Waals surface area contributed by atoms with E-state index in [0.717, 1.165) is 17.0 Å². The Labute approximate surface area is 102 Å². The average Bonchev–Trinajstić information content (AvgIpc) is 2.25. The summed E-state index contributed by atoms with van der Waals surface area (Å²) in [5, 5.41) is 10.9. The van der Waals surface area contributed by atoms with Gasteiger partial charge in [-0.1, -0.05) is 0 Å². The lowest BCUT2D eigenvalue weighted by Crippen LogP contribution is -2.42. The van der Waals surface area contributed by atoms with Gasteiger partial charge in [0.1, 0.15) is 17.7 Å². The van der Waals surface area contributed by atoms with E-state index in [1.807, 2.05) is 0 Å². The average molecular weight is 258 g/mol. The molecule has 0 aliphatic heterocycles. The first-order chi connectivity index (χ1) is 8.31. The fourth-order valence-corrected chi connectivity index (χ4v) is 1.18. The lowest BCUT2D eigenvalue weighted by Gasteiger charge is -2.21. The summed E-state index contributed by atoms with van der Waals surface area (Å²) >= 11 is 0. The van der Waals surface area contributed by atoms with Gasteiger partial charge in [0.15, 0.2) is 0 Å². The monoisotopic (exact) mass is 258 g/mol. The molecule has 0 saturated heterocycles. The maximum Gasteiger partial charge on any atom is 0.326 e. The summed E-state index contributed by atoms with van der Waals surface area (Å²) < 4.78 is 25.7. The number of urea groups is 1. The van der Waals surface area contributed by atoms with Crippen molar-refractivity contribution in [1.82, 2.24) is 4.90 Å². The number of hydrogen-bond donors (Lipinski definition) is 2. The third kappa shape index (κ3) is 3.41. The second-order valence-corrected chi connectivity index (χ2v) is 3.71. The third-order valence-corrected chi connectivity index (χ3v) is 2.37. The molecule has 1 aromatic rings. The molecule has 7 heteroatoms. The Kier molecular flexibility index (Phi) is 4.19. The number of nitrogens with one attached hydrogen (secondary N) is 1. The summed E-state index contributed by atoms with van der Waals surface area (Å²) in [6.45, 7) is 1.31. The van der Waals surface area contributed by atoms with Crippen LogP contribution in [0.1, 0.15) is 6.92 Å². The van der Waals surface area contributed by atoms with Gasteiger partial charge in [-0.15, -0.1) is 0 Å². The second-order valence-electron chi connectivity index (χ2n) is 3.71. The highest BCUT2D eigenvalue weighted by Crippen LogP contribution is 2.13. The van der Waals surface area contributed by atoms with Crippen molar-refractivity contribution in [2.45, 2.75) is 13.0 Å². The van der Waals surface area contributed by atoms with Gasteiger partial charge in [0.25, 0.3) is 0 Å². The molecule has 2 amide bonds. The van der Waals surface area contributed by atoms with E-state index < -0.39 is 29.7 Å². The summed E-state index contributed by atoms with van der Waals surface area (Å²) in [4.78, 5) is 23.2. The molecule has 1 rings (SSSR count). The number of likely N-dealkylation sites (N-methyl/N-ethyl adjacent to an activating group) is 1. The van der Waals surface area contributed by atoms with Gasteiger partial charge >= 0.3 is 12.0 Å². The van der Waals surface area contributed by atoms with Crippen LogP contribution in [0, 0.1) is 11.6 Å². The van der Waals surface area contributed by atoms with Crippen molar-refractivity contribution in [2.24, 2.45) is 0 Å². The molecule has 5 nitrogen and oxygen atoms in total. The number of aliphatic carboxylic acids is 1. The zero-order valence-corrected chi connectivity index (χ0v) is 9.78. The second kappa shape index (κ2) is 5.44. The third-order valence-electron chi connectivity index (χ3n) is 2.37. The Balaban J connectivity index is 2.78. The van der Waals surface area contributed by atoms with Gasteiger partial charge in [-0.3, -0.25) is 0 Å². The molecule has 2 N–H and O–H groups in total. The van der Waals surface area contributed by atoms with Gasteiger partial charge in [-0.2, -0.15) is 0 Å². The molecule has 18 heavy (non-hydrogen) atoms. The fraction of sp³-hybridized carbons (Fsp3) is 0.273. The van der Waals surface area contributed by atoms with Crippen molar-refractivity contribution in [3.05, 3.63) is 29.8 Å². The first-order valence-electron chi connectivity index (χ1n) is 5.04. The number of benzene rings is 1. The minimum Gasteiger partial charge on any atom is -0.480 e. The van der Waals surface area contributed by atoms with Crippen LogP contribution in [0.25, 0.3) is 0 Å². The van der Waals surface area contributed by atoms with Gasteiger partial charge in [-0.25, -0.2) is 18.4 Å². The predicted octanol–water partition coefficient (Wildman–Crippen LogP) is 1.90. The lowest BCUT2D eigenvalue weighted by atomic mass is 10.3. The Morgan fingerprint density at radius 1 is 1.28 bits per heavy atom. The number of carboxylic acid groups (broad SMARTS) is 1. The van der Waals surface area contributed by atoms with E-state index in [0.29, 0.717) is 6.07 Å². The maximum absolute atomic E-state index is 12.9. The van der Waals surface area contributed by atoms with Crippen LogP contribution in [0.3, 0.4) is 0 Å². The van der Waals surface area contributed by atoms with Gasteiger partial charge in [0.2, 0.25) is 0 Å². The molecule has 1 atom stereocenters. The van der Waals surface area contributed by atoms with Crippen molar-refractivity contribution in [2.75, 3.05) is 12.4 Å². The smallest absolute Gasteiger partial charge is 0.326 e. The van der Waals surface area contributed by atoms with Crippen molar-refractivity contribution in [1.29, 1.82) is 0 Å². The van der Waals surface area contributed by atoms with E-state index in [4.69, 9.17) is 5.11 Å². The van der Waals surface area contributed by atoms with E-state index in [-0.39, 0.29) is 5.69 Å². The van der Waals surface area contributed by atoms with Crippen molar-refractivity contribution in [3.8, 4) is 0 Å². The molecule has 0 aromatic heterocycles. The molecule has 0 fully saturated rings. The topological polar surface area (TPSA) is 69.6 Å². The number of carbonyl (C=O) groups excluding carboxylic acids is 1. The summed E-state index contributed by atoms with van der Waals surface area (Å²) in [5.74, 6) is -2.85. The van der Waals surface area contributed by atoms with E-state index in [9.17, 15) is 18.4 Å².